The van der Waals surface area contributed by atoms with Crippen molar-refractivity contribution in [1.29, 1.82) is 5.26 Å². The smallest absolute Gasteiger partial charge is 0.0999 e. The Morgan fingerprint density at radius 2 is 2.21 bits per heavy atom. The Morgan fingerprint density at radius 1 is 1.43 bits per heavy atom. The molecule has 1 aromatic heterocycles. The lowest BCUT2D eigenvalue weighted by atomic mass is 10.2. The van der Waals surface area contributed by atoms with E-state index in [0.717, 1.165) is 37.2 Å². The van der Waals surface area contributed by atoms with Gasteiger partial charge in [0.1, 0.15) is 0 Å². The lowest BCUT2D eigenvalue weighted by molar-refractivity contribution is 0.535. The summed E-state index contributed by atoms with van der Waals surface area (Å²) < 4.78 is 1.93. The van der Waals surface area contributed by atoms with Crippen LogP contribution in [0.5, 0.6) is 0 Å². The van der Waals surface area contributed by atoms with E-state index in [9.17, 15) is 0 Å². The molecule has 0 bridgehead atoms. The maximum Gasteiger partial charge on any atom is 0.0999 e. The summed E-state index contributed by atoms with van der Waals surface area (Å²) in [4.78, 5) is 0. The molecule has 0 aromatic carbocycles. The normalized spacial score (nSPS) is 10.1. The maximum atomic E-state index is 8.60. The van der Waals surface area contributed by atoms with Crippen molar-refractivity contribution in [2.75, 3.05) is 0 Å². The molecule has 0 atom stereocenters. The fourth-order valence-corrected chi connectivity index (χ4v) is 1.46. The third-order valence-electron chi connectivity index (χ3n) is 2.22. The molecule has 4 nitrogen and oxygen atoms in total. The summed E-state index contributed by atoms with van der Waals surface area (Å²) >= 11 is 0. The minimum atomic E-state index is 0.370. The minimum absolute atomic E-state index is 0.370. The van der Waals surface area contributed by atoms with Gasteiger partial charge >= 0.3 is 0 Å². The zero-order valence-electron chi connectivity index (χ0n) is 8.82. The van der Waals surface area contributed by atoms with E-state index in [0.29, 0.717) is 6.42 Å². The Balaban J connectivity index is 2.79. The minimum Gasteiger partial charge on any atom is -0.249 e. The van der Waals surface area contributed by atoms with Gasteiger partial charge in [-0.3, -0.25) is 0 Å². The third-order valence-corrected chi connectivity index (χ3v) is 2.22. The summed E-state index contributed by atoms with van der Waals surface area (Å²) in [6, 6.07) is 2.11. The van der Waals surface area contributed by atoms with Gasteiger partial charge in [0.05, 0.1) is 23.9 Å². The zero-order chi connectivity index (χ0) is 10.4. The van der Waals surface area contributed by atoms with Gasteiger partial charge in [0, 0.05) is 6.54 Å². The van der Waals surface area contributed by atoms with Crippen LogP contribution >= 0.6 is 0 Å². The lowest BCUT2D eigenvalue weighted by Gasteiger charge is -2.03. The van der Waals surface area contributed by atoms with Gasteiger partial charge in [0.2, 0.25) is 0 Å². The van der Waals surface area contributed by atoms with Crippen molar-refractivity contribution < 1.29 is 0 Å². The number of aromatic nitrogens is 3. The summed E-state index contributed by atoms with van der Waals surface area (Å²) in [6.07, 6.45) is 3.53. The number of hydrogen-bond donors (Lipinski definition) is 0. The molecule has 0 unspecified atom stereocenters. The molecular formula is C10H16N4. The average Bonchev–Trinajstić information content (AvgIpc) is 2.58. The van der Waals surface area contributed by atoms with E-state index in [-0.39, 0.29) is 0 Å². The number of hydrogen-bond acceptors (Lipinski definition) is 3. The van der Waals surface area contributed by atoms with Gasteiger partial charge < -0.3 is 0 Å². The summed E-state index contributed by atoms with van der Waals surface area (Å²) in [6.45, 7) is 5.14. The highest BCUT2D eigenvalue weighted by Crippen LogP contribution is 2.08. The van der Waals surface area contributed by atoms with Crippen molar-refractivity contribution in [2.45, 2.75) is 46.1 Å². The van der Waals surface area contributed by atoms with Crippen LogP contribution in [0.3, 0.4) is 0 Å². The summed E-state index contributed by atoms with van der Waals surface area (Å²) in [7, 11) is 0. The highest BCUT2D eigenvalue weighted by atomic mass is 15.4. The second-order valence-corrected chi connectivity index (χ2v) is 3.25. The first-order chi connectivity index (χ1) is 6.83. The first-order valence-electron chi connectivity index (χ1n) is 5.11. The fourth-order valence-electron chi connectivity index (χ4n) is 1.46. The van der Waals surface area contributed by atoms with E-state index >= 15 is 0 Å². The molecule has 76 valence electrons. The Morgan fingerprint density at radius 3 is 2.79 bits per heavy atom. The number of aryl methyl sites for hydroxylation is 1. The monoisotopic (exact) mass is 192 g/mol. The van der Waals surface area contributed by atoms with Crippen LogP contribution in [0.15, 0.2) is 0 Å². The molecule has 14 heavy (non-hydrogen) atoms. The number of unbranched alkanes of at least 4 members (excludes halogenated alkanes) is 1. The molecule has 0 amide bonds. The molecule has 0 saturated carbocycles. The maximum absolute atomic E-state index is 8.60. The first kappa shape index (κ1) is 10.7. The predicted molar refractivity (Wildman–Crippen MR) is 53.6 cm³/mol. The van der Waals surface area contributed by atoms with Gasteiger partial charge in [-0.25, -0.2) is 4.68 Å². The van der Waals surface area contributed by atoms with Crippen LogP contribution in [-0.2, 0) is 19.4 Å². The van der Waals surface area contributed by atoms with Crippen molar-refractivity contribution in [3.63, 3.8) is 0 Å². The van der Waals surface area contributed by atoms with Gasteiger partial charge in [0.25, 0.3) is 0 Å². The van der Waals surface area contributed by atoms with E-state index in [4.69, 9.17) is 5.26 Å². The van der Waals surface area contributed by atoms with Crippen LogP contribution in [0.25, 0.3) is 0 Å². The Hall–Kier alpha value is -1.37. The van der Waals surface area contributed by atoms with Crippen LogP contribution in [0.2, 0.25) is 0 Å². The van der Waals surface area contributed by atoms with E-state index < -0.39 is 0 Å². The van der Waals surface area contributed by atoms with Gasteiger partial charge in [-0.05, 0) is 12.8 Å². The average molecular weight is 192 g/mol. The molecular weight excluding hydrogens is 176 g/mol. The van der Waals surface area contributed by atoms with Crippen molar-refractivity contribution in [2.24, 2.45) is 0 Å². The molecule has 1 aromatic rings. The SMILES string of the molecule is CCCCn1nnc(CC#N)c1CC. The standard InChI is InChI=1S/C10H16N4/c1-3-5-8-14-10(4-2)9(6-7-11)12-13-14/h3-6,8H2,1-2H3. The molecule has 0 radical (unpaired) electrons. The number of nitriles is 1. The van der Waals surface area contributed by atoms with Crippen LogP contribution in [-0.4, -0.2) is 15.0 Å². The summed E-state index contributed by atoms with van der Waals surface area (Å²) in [5, 5.41) is 16.7. The molecule has 0 fully saturated rings. The van der Waals surface area contributed by atoms with Crippen molar-refractivity contribution >= 4 is 0 Å². The van der Waals surface area contributed by atoms with Gasteiger partial charge in [-0.2, -0.15) is 5.26 Å². The molecule has 0 aliphatic heterocycles. The lowest BCUT2D eigenvalue weighted by Crippen LogP contribution is -2.05. The molecule has 0 N–H and O–H groups in total. The largest absolute Gasteiger partial charge is 0.249 e. The predicted octanol–water partition coefficient (Wildman–Crippen LogP) is 1.71. The van der Waals surface area contributed by atoms with E-state index in [1.54, 1.807) is 0 Å². The van der Waals surface area contributed by atoms with Gasteiger partial charge in [-0.15, -0.1) is 5.10 Å². The van der Waals surface area contributed by atoms with Crippen LogP contribution < -0.4 is 0 Å². The van der Waals surface area contributed by atoms with Gasteiger partial charge in [0.15, 0.2) is 0 Å². The highest BCUT2D eigenvalue weighted by molar-refractivity contribution is 5.13. The van der Waals surface area contributed by atoms with E-state index in [1.165, 1.54) is 0 Å². The molecule has 1 rings (SSSR count). The summed E-state index contributed by atoms with van der Waals surface area (Å²) in [5.41, 5.74) is 1.95. The molecule has 4 heteroatoms. The highest BCUT2D eigenvalue weighted by Gasteiger charge is 2.09. The molecule has 0 aliphatic carbocycles. The Bertz CT molecular complexity index is 321. The quantitative estimate of drug-likeness (QED) is 0.713. The second-order valence-electron chi connectivity index (χ2n) is 3.25. The Labute approximate surface area is 84.5 Å². The van der Waals surface area contributed by atoms with Crippen molar-refractivity contribution in [3.8, 4) is 6.07 Å². The second kappa shape index (κ2) is 5.38. The Kier molecular flexibility index (Phi) is 4.11. The summed E-state index contributed by atoms with van der Waals surface area (Å²) in [5.74, 6) is 0. The van der Waals surface area contributed by atoms with Crippen LogP contribution in [0.1, 0.15) is 38.1 Å². The van der Waals surface area contributed by atoms with Crippen molar-refractivity contribution in [3.05, 3.63) is 11.4 Å². The number of nitrogens with zero attached hydrogens (tertiary/aromatic N) is 4. The van der Waals surface area contributed by atoms with E-state index in [1.807, 2.05) is 4.68 Å². The number of rotatable bonds is 5. The van der Waals surface area contributed by atoms with E-state index in [2.05, 4.69) is 30.2 Å². The van der Waals surface area contributed by atoms with Crippen LogP contribution in [0.4, 0.5) is 0 Å². The molecule has 1 heterocycles. The topological polar surface area (TPSA) is 54.5 Å². The fraction of sp³-hybridized carbons (Fsp3) is 0.700. The third kappa shape index (κ3) is 2.32. The first-order valence-corrected chi connectivity index (χ1v) is 5.11. The van der Waals surface area contributed by atoms with Crippen molar-refractivity contribution in [1.82, 2.24) is 15.0 Å². The molecule has 0 saturated heterocycles. The molecule has 0 spiro atoms. The van der Waals surface area contributed by atoms with Gasteiger partial charge in [-0.1, -0.05) is 25.5 Å². The van der Waals surface area contributed by atoms with Crippen LogP contribution in [0, 0.1) is 11.3 Å². The zero-order valence-corrected chi connectivity index (χ0v) is 8.82. The molecule has 0 aliphatic rings.